The second kappa shape index (κ2) is 4.77. The van der Waals surface area contributed by atoms with Gasteiger partial charge in [0.1, 0.15) is 0 Å². The minimum atomic E-state index is -0.298. The summed E-state index contributed by atoms with van der Waals surface area (Å²) in [5.41, 5.74) is 1.74. The Kier molecular flexibility index (Phi) is 3.65. The van der Waals surface area contributed by atoms with Crippen molar-refractivity contribution in [3.05, 3.63) is 35.4 Å². The van der Waals surface area contributed by atoms with E-state index in [0.29, 0.717) is 11.6 Å². The van der Waals surface area contributed by atoms with Crippen LogP contribution >= 0.6 is 0 Å². The predicted octanol–water partition coefficient (Wildman–Crippen LogP) is 1.75. The van der Waals surface area contributed by atoms with E-state index in [2.05, 4.69) is 17.0 Å². The second-order valence-electron chi connectivity index (χ2n) is 3.12. The molecule has 76 valence electrons. The monoisotopic (exact) mass is 193 g/mol. The van der Waals surface area contributed by atoms with E-state index < -0.39 is 0 Å². The second-order valence-corrected chi connectivity index (χ2v) is 3.12. The number of ether oxygens (including phenoxy) is 1. The molecule has 0 aliphatic carbocycles. The molecule has 0 aromatic heterocycles. The lowest BCUT2D eigenvalue weighted by Crippen LogP contribution is -2.12. The largest absolute Gasteiger partial charge is 0.465 e. The molecule has 0 heterocycles. The average molecular weight is 193 g/mol. The smallest absolute Gasteiger partial charge is 0.337 e. The molecule has 0 saturated carbocycles. The van der Waals surface area contributed by atoms with E-state index in [1.807, 2.05) is 19.2 Å². The van der Waals surface area contributed by atoms with Crippen LogP contribution in [0.1, 0.15) is 28.9 Å². The van der Waals surface area contributed by atoms with Gasteiger partial charge in [-0.2, -0.15) is 0 Å². The summed E-state index contributed by atoms with van der Waals surface area (Å²) in [6.07, 6.45) is 0. The Balaban J connectivity index is 2.83. The van der Waals surface area contributed by atoms with Crippen LogP contribution in [0.15, 0.2) is 24.3 Å². The van der Waals surface area contributed by atoms with Crippen molar-refractivity contribution in [1.82, 2.24) is 5.32 Å². The third kappa shape index (κ3) is 2.33. The number of methoxy groups -OCH3 is 1. The molecule has 1 unspecified atom stereocenters. The highest BCUT2D eigenvalue weighted by molar-refractivity contribution is 5.89. The fourth-order valence-corrected chi connectivity index (χ4v) is 1.19. The Labute approximate surface area is 84.1 Å². The van der Waals surface area contributed by atoms with Crippen molar-refractivity contribution in [3.8, 4) is 0 Å². The van der Waals surface area contributed by atoms with Crippen molar-refractivity contribution in [2.24, 2.45) is 0 Å². The zero-order valence-corrected chi connectivity index (χ0v) is 8.70. The van der Waals surface area contributed by atoms with E-state index in [4.69, 9.17) is 0 Å². The van der Waals surface area contributed by atoms with Crippen LogP contribution < -0.4 is 5.32 Å². The third-order valence-corrected chi connectivity index (χ3v) is 2.26. The molecule has 0 amide bonds. The van der Waals surface area contributed by atoms with E-state index >= 15 is 0 Å². The number of benzene rings is 1. The molecule has 14 heavy (non-hydrogen) atoms. The van der Waals surface area contributed by atoms with Gasteiger partial charge in [-0.1, -0.05) is 12.1 Å². The minimum absolute atomic E-state index is 0.293. The van der Waals surface area contributed by atoms with Crippen molar-refractivity contribution in [2.75, 3.05) is 14.2 Å². The molecule has 1 aromatic carbocycles. The molecule has 1 aromatic rings. The maximum atomic E-state index is 11.1. The Morgan fingerprint density at radius 1 is 1.36 bits per heavy atom. The lowest BCUT2D eigenvalue weighted by Gasteiger charge is -2.10. The first-order valence-electron chi connectivity index (χ1n) is 4.54. The third-order valence-electron chi connectivity index (χ3n) is 2.26. The van der Waals surface area contributed by atoms with E-state index in [1.54, 1.807) is 12.1 Å². The van der Waals surface area contributed by atoms with E-state index in [0.717, 1.165) is 5.56 Å². The highest BCUT2D eigenvalue weighted by atomic mass is 16.5. The summed E-state index contributed by atoms with van der Waals surface area (Å²) in [6, 6.07) is 7.69. The van der Waals surface area contributed by atoms with Gasteiger partial charge in [-0.15, -0.1) is 0 Å². The van der Waals surface area contributed by atoms with Gasteiger partial charge >= 0.3 is 5.97 Å². The first-order valence-corrected chi connectivity index (χ1v) is 4.54. The maximum Gasteiger partial charge on any atom is 0.337 e. The number of esters is 1. The molecule has 3 nitrogen and oxygen atoms in total. The lowest BCUT2D eigenvalue weighted by molar-refractivity contribution is 0.0600. The molecule has 0 saturated heterocycles. The summed E-state index contributed by atoms with van der Waals surface area (Å²) < 4.78 is 4.61. The van der Waals surface area contributed by atoms with Crippen LogP contribution in [-0.4, -0.2) is 20.1 Å². The number of carbonyl (C=O) groups excluding carboxylic acids is 1. The van der Waals surface area contributed by atoms with Crippen molar-refractivity contribution in [2.45, 2.75) is 13.0 Å². The molecule has 0 aliphatic rings. The van der Waals surface area contributed by atoms with Crippen molar-refractivity contribution >= 4 is 5.97 Å². The van der Waals surface area contributed by atoms with Crippen molar-refractivity contribution in [1.29, 1.82) is 0 Å². The fourth-order valence-electron chi connectivity index (χ4n) is 1.19. The van der Waals surface area contributed by atoms with Crippen LogP contribution in [0.3, 0.4) is 0 Å². The zero-order chi connectivity index (χ0) is 10.6. The summed E-state index contributed by atoms with van der Waals surface area (Å²) >= 11 is 0. The molecule has 0 fully saturated rings. The predicted molar refractivity (Wildman–Crippen MR) is 55.3 cm³/mol. The average Bonchev–Trinajstić information content (AvgIpc) is 2.27. The Morgan fingerprint density at radius 2 is 1.93 bits per heavy atom. The van der Waals surface area contributed by atoms with Crippen LogP contribution in [-0.2, 0) is 4.74 Å². The SMILES string of the molecule is CNC(C)c1ccc(C(=O)OC)cc1. The maximum absolute atomic E-state index is 11.1. The summed E-state index contributed by atoms with van der Waals surface area (Å²) in [4.78, 5) is 11.1. The lowest BCUT2D eigenvalue weighted by atomic mass is 10.1. The Morgan fingerprint density at radius 3 is 2.36 bits per heavy atom. The molecule has 1 N–H and O–H groups in total. The zero-order valence-electron chi connectivity index (χ0n) is 8.70. The number of nitrogens with one attached hydrogen (secondary N) is 1. The Bertz CT molecular complexity index is 306. The molecule has 1 rings (SSSR count). The molecular weight excluding hydrogens is 178 g/mol. The minimum Gasteiger partial charge on any atom is -0.465 e. The standard InChI is InChI=1S/C11H15NO2/c1-8(12-2)9-4-6-10(7-5-9)11(13)14-3/h4-8,12H,1-3H3. The quantitative estimate of drug-likeness (QED) is 0.743. The van der Waals surface area contributed by atoms with E-state index in [9.17, 15) is 4.79 Å². The van der Waals surface area contributed by atoms with Gasteiger partial charge in [0.05, 0.1) is 12.7 Å². The first kappa shape index (κ1) is 10.7. The molecule has 0 radical (unpaired) electrons. The van der Waals surface area contributed by atoms with Gasteiger partial charge in [0.2, 0.25) is 0 Å². The van der Waals surface area contributed by atoms with Crippen LogP contribution in [0.4, 0.5) is 0 Å². The number of hydrogen-bond acceptors (Lipinski definition) is 3. The number of rotatable bonds is 3. The van der Waals surface area contributed by atoms with E-state index in [1.165, 1.54) is 7.11 Å². The molecule has 0 aliphatic heterocycles. The molecular formula is C11H15NO2. The Hall–Kier alpha value is -1.35. The molecule has 3 heteroatoms. The number of hydrogen-bond donors (Lipinski definition) is 1. The van der Waals surface area contributed by atoms with Crippen LogP contribution in [0, 0.1) is 0 Å². The summed E-state index contributed by atoms with van der Waals surface area (Å²) in [5, 5.41) is 3.13. The molecule has 1 atom stereocenters. The summed E-state index contributed by atoms with van der Waals surface area (Å²) in [5.74, 6) is -0.298. The van der Waals surface area contributed by atoms with Gasteiger partial charge in [-0.25, -0.2) is 4.79 Å². The number of carbonyl (C=O) groups is 1. The van der Waals surface area contributed by atoms with Crippen molar-refractivity contribution in [3.63, 3.8) is 0 Å². The summed E-state index contributed by atoms with van der Waals surface area (Å²) in [6.45, 7) is 2.06. The highest BCUT2D eigenvalue weighted by Gasteiger charge is 2.06. The van der Waals surface area contributed by atoms with Crippen LogP contribution in [0.5, 0.6) is 0 Å². The topological polar surface area (TPSA) is 38.3 Å². The van der Waals surface area contributed by atoms with Gasteiger partial charge in [-0.3, -0.25) is 0 Å². The van der Waals surface area contributed by atoms with Gasteiger partial charge in [-0.05, 0) is 31.7 Å². The highest BCUT2D eigenvalue weighted by Crippen LogP contribution is 2.12. The molecule has 0 bridgehead atoms. The van der Waals surface area contributed by atoms with E-state index in [-0.39, 0.29) is 5.97 Å². The van der Waals surface area contributed by atoms with Gasteiger partial charge < -0.3 is 10.1 Å². The first-order chi connectivity index (χ1) is 6.69. The van der Waals surface area contributed by atoms with Crippen LogP contribution in [0.25, 0.3) is 0 Å². The fraction of sp³-hybridized carbons (Fsp3) is 0.364. The van der Waals surface area contributed by atoms with Gasteiger partial charge in [0.15, 0.2) is 0 Å². The van der Waals surface area contributed by atoms with Gasteiger partial charge in [0.25, 0.3) is 0 Å². The van der Waals surface area contributed by atoms with Crippen molar-refractivity contribution < 1.29 is 9.53 Å². The molecule has 0 spiro atoms. The van der Waals surface area contributed by atoms with Crippen LogP contribution in [0.2, 0.25) is 0 Å². The summed E-state index contributed by atoms with van der Waals surface area (Å²) in [7, 11) is 3.28. The normalized spacial score (nSPS) is 12.2. The van der Waals surface area contributed by atoms with Gasteiger partial charge in [0, 0.05) is 6.04 Å².